The first-order chi connectivity index (χ1) is 37.2. The van der Waals surface area contributed by atoms with Crippen LogP contribution in [-0.2, 0) is 18.5 Å². The van der Waals surface area contributed by atoms with Gasteiger partial charge in [0.05, 0.1) is 16.7 Å². The summed E-state index contributed by atoms with van der Waals surface area (Å²) in [6.07, 6.45) is -9.77. The minimum atomic E-state index is -5.05. The number of halogens is 9. The van der Waals surface area contributed by atoms with Crippen LogP contribution in [0.15, 0.2) is 177 Å². The summed E-state index contributed by atoms with van der Waals surface area (Å²) in [4.78, 5) is 14.2. The van der Waals surface area contributed by atoms with Crippen molar-refractivity contribution in [2.24, 2.45) is 0 Å². The van der Waals surface area contributed by atoms with Crippen molar-refractivity contribution in [1.29, 1.82) is 0 Å². The highest BCUT2D eigenvalue weighted by molar-refractivity contribution is 6.12. The van der Waals surface area contributed by atoms with Gasteiger partial charge in [-0.2, -0.15) is 39.5 Å². The van der Waals surface area contributed by atoms with Gasteiger partial charge >= 0.3 is 18.5 Å². The zero-order valence-corrected chi connectivity index (χ0v) is 41.1. The summed E-state index contributed by atoms with van der Waals surface area (Å²) in [6, 6.07) is 38.5. The number of alkyl halides is 9. The minimum Gasteiger partial charge on any atom is -0.454 e. The molecule has 0 saturated heterocycles. The summed E-state index contributed by atoms with van der Waals surface area (Å²) < 4.78 is 145. The van der Waals surface area contributed by atoms with E-state index >= 15 is 0 Å². The third-order valence-electron chi connectivity index (χ3n) is 14.1. The van der Waals surface area contributed by atoms with E-state index in [-0.39, 0.29) is 28.4 Å². The zero-order chi connectivity index (χ0) is 54.2. The van der Waals surface area contributed by atoms with Gasteiger partial charge in [-0.3, -0.25) is 15.0 Å². The topological polar surface area (TPSA) is 78.1 Å². The van der Waals surface area contributed by atoms with Crippen molar-refractivity contribution in [2.75, 3.05) is 0 Å². The fourth-order valence-electron chi connectivity index (χ4n) is 10.7. The van der Waals surface area contributed by atoms with Gasteiger partial charge in [-0.25, -0.2) is 0 Å². The Morgan fingerprint density at radius 1 is 0.295 bits per heavy atom. The Morgan fingerprint density at radius 3 is 0.949 bits per heavy atom. The lowest BCUT2D eigenvalue weighted by Crippen LogP contribution is -2.11. The number of rotatable bonds is 6. The van der Waals surface area contributed by atoms with E-state index in [9.17, 15) is 39.5 Å². The molecule has 0 fully saturated rings. The summed E-state index contributed by atoms with van der Waals surface area (Å²) in [5.74, 6) is 0. The van der Waals surface area contributed by atoms with Gasteiger partial charge in [0.1, 0.15) is 33.3 Å². The Morgan fingerprint density at radius 2 is 0.603 bits per heavy atom. The average molecular weight is 1050 g/mol. The third kappa shape index (κ3) is 8.37. The van der Waals surface area contributed by atoms with E-state index in [2.05, 4.69) is 43.1 Å². The monoisotopic (exact) mass is 1050 g/mol. The van der Waals surface area contributed by atoms with Gasteiger partial charge in [0.2, 0.25) is 0 Å². The van der Waals surface area contributed by atoms with Gasteiger partial charge < -0.3 is 13.3 Å². The second-order valence-corrected chi connectivity index (χ2v) is 19.6. The summed E-state index contributed by atoms with van der Waals surface area (Å²) >= 11 is 0. The normalized spacial score (nSPS) is 12.6. The van der Waals surface area contributed by atoms with Gasteiger partial charge in [0, 0.05) is 51.4 Å². The molecule has 0 spiro atoms. The smallest absolute Gasteiger partial charge is 0.416 e. The van der Waals surface area contributed by atoms with E-state index in [0.29, 0.717) is 112 Å². The number of pyridine rings is 3. The fraction of sp³-hybridized carbons (Fsp3) is 0.0952. The van der Waals surface area contributed by atoms with E-state index < -0.39 is 35.2 Å². The number of aryl methyl sites for hydroxylation is 3. The highest BCUT2D eigenvalue weighted by Crippen LogP contribution is 2.46. The Kier molecular flexibility index (Phi) is 10.8. The van der Waals surface area contributed by atoms with Crippen LogP contribution in [0.2, 0.25) is 0 Å². The van der Waals surface area contributed by atoms with E-state index in [1.807, 2.05) is 36.4 Å². The molecule has 384 valence electrons. The molecule has 6 aromatic heterocycles. The highest BCUT2D eigenvalue weighted by atomic mass is 19.4. The van der Waals surface area contributed by atoms with Gasteiger partial charge in [-0.1, -0.05) is 53.6 Å². The number of nitrogens with zero attached hydrogens (tertiary/aromatic N) is 3. The standard InChI is InChI=1S/C63H36F9N3O3/c1-31-16-32(2)18-37(17-31)34-4-7-52-49(27-34)55-58(76-52)46(10-13-73-55)40-21-41(47-11-14-74-56-50-28-35(5-8-53(50)77-59(47)56)38-19-33(3)20-43(24-38)61(64,65)66)23-42(22-40)48-12-15-75-57-51-29-36(6-9-54(51)78-60(48)57)39-25-44(62(67,68)69)30-45(26-39)63(70,71)72/h4-30H,1-3H3. The molecule has 0 aliphatic carbocycles. The number of benzene rings is 7. The van der Waals surface area contributed by atoms with Crippen molar-refractivity contribution >= 4 is 66.2 Å². The van der Waals surface area contributed by atoms with Crippen LogP contribution < -0.4 is 0 Å². The lowest BCUT2D eigenvalue weighted by Gasteiger charge is -2.14. The van der Waals surface area contributed by atoms with Crippen LogP contribution in [0, 0.1) is 20.8 Å². The van der Waals surface area contributed by atoms with Crippen molar-refractivity contribution in [3.63, 3.8) is 0 Å². The molecule has 0 saturated carbocycles. The van der Waals surface area contributed by atoms with E-state index in [4.69, 9.17) is 23.2 Å². The molecule has 0 aliphatic rings. The molecule has 0 amide bonds. The van der Waals surface area contributed by atoms with Gasteiger partial charge in [0.25, 0.3) is 0 Å². The quantitative estimate of drug-likeness (QED) is 0.154. The lowest BCUT2D eigenvalue weighted by atomic mass is 9.93. The number of furan rings is 3. The summed E-state index contributed by atoms with van der Waals surface area (Å²) in [5.41, 5.74) is 9.48. The van der Waals surface area contributed by atoms with Gasteiger partial charge in [-0.05, 0) is 180 Å². The largest absolute Gasteiger partial charge is 0.454 e. The first-order valence-electron chi connectivity index (χ1n) is 24.4. The second-order valence-electron chi connectivity index (χ2n) is 19.6. The molecule has 0 bridgehead atoms. The summed E-state index contributed by atoms with van der Waals surface area (Å²) in [5, 5.41) is 1.73. The zero-order valence-electron chi connectivity index (χ0n) is 41.1. The van der Waals surface area contributed by atoms with Gasteiger partial charge in [-0.15, -0.1) is 0 Å². The molecular weight excluding hydrogens is 1020 g/mol. The van der Waals surface area contributed by atoms with Crippen LogP contribution >= 0.6 is 0 Å². The Hall–Kier alpha value is -9.24. The molecule has 6 nitrogen and oxygen atoms in total. The number of hydrogen-bond acceptors (Lipinski definition) is 6. The SMILES string of the molecule is Cc1cc(C)cc(-c2ccc3oc4c(-c5cc(-c6ccnc7c6oc6ccc(-c8cc(C)cc(C(F)(F)F)c8)cc67)cc(-c6ccnc7c6oc6ccc(-c8cc(C(F)(F)F)cc(C(F)(F)F)c8)cc67)c5)ccnc4c3c2)c1. The molecule has 0 N–H and O–H groups in total. The molecule has 6 heterocycles. The Bertz CT molecular complexity index is 4580. The van der Waals surface area contributed by atoms with Crippen molar-refractivity contribution in [2.45, 2.75) is 39.3 Å². The molecule has 78 heavy (non-hydrogen) atoms. The maximum absolute atomic E-state index is 14.0. The highest BCUT2D eigenvalue weighted by Gasteiger charge is 2.37. The Balaban J connectivity index is 1.00. The molecule has 7 aromatic carbocycles. The molecular formula is C63H36F9N3O3. The number of hydrogen-bond donors (Lipinski definition) is 0. The van der Waals surface area contributed by atoms with E-state index in [1.54, 1.807) is 61.9 Å². The maximum atomic E-state index is 14.0. The fourth-order valence-corrected chi connectivity index (χ4v) is 10.7. The average Bonchev–Trinajstić information content (AvgIpc) is 4.23. The first-order valence-corrected chi connectivity index (χ1v) is 24.4. The molecule has 0 radical (unpaired) electrons. The van der Waals surface area contributed by atoms with Crippen LogP contribution in [0.4, 0.5) is 39.5 Å². The maximum Gasteiger partial charge on any atom is 0.416 e. The van der Waals surface area contributed by atoms with Crippen molar-refractivity contribution in [3.05, 3.63) is 198 Å². The Labute approximate surface area is 436 Å². The van der Waals surface area contributed by atoms with Crippen LogP contribution in [0.25, 0.3) is 133 Å². The van der Waals surface area contributed by atoms with E-state index in [1.165, 1.54) is 18.2 Å². The molecule has 0 atom stereocenters. The molecule has 13 rings (SSSR count). The number of fused-ring (bicyclic) bond motifs is 9. The van der Waals surface area contributed by atoms with Crippen molar-refractivity contribution < 1.29 is 52.8 Å². The van der Waals surface area contributed by atoms with Crippen molar-refractivity contribution in [1.82, 2.24) is 15.0 Å². The molecule has 0 unspecified atom stereocenters. The predicted molar refractivity (Wildman–Crippen MR) is 283 cm³/mol. The van der Waals surface area contributed by atoms with Crippen LogP contribution in [0.5, 0.6) is 0 Å². The lowest BCUT2D eigenvalue weighted by molar-refractivity contribution is -0.143. The molecule has 15 heteroatoms. The molecule has 13 aromatic rings. The molecule has 0 aliphatic heterocycles. The second kappa shape index (κ2) is 17.4. The predicted octanol–water partition coefficient (Wildman–Crippen LogP) is 19.6. The first kappa shape index (κ1) is 48.4. The van der Waals surface area contributed by atoms with Crippen LogP contribution in [0.1, 0.15) is 33.4 Å². The van der Waals surface area contributed by atoms with Gasteiger partial charge in [0.15, 0.2) is 16.7 Å². The summed E-state index contributed by atoms with van der Waals surface area (Å²) in [6.45, 7) is 5.71. The van der Waals surface area contributed by atoms with E-state index in [0.717, 1.165) is 39.8 Å². The third-order valence-corrected chi connectivity index (χ3v) is 14.1. The van der Waals surface area contributed by atoms with Crippen molar-refractivity contribution in [3.8, 4) is 66.8 Å². The number of aromatic nitrogens is 3. The summed E-state index contributed by atoms with van der Waals surface area (Å²) in [7, 11) is 0. The van der Waals surface area contributed by atoms with Crippen LogP contribution in [0.3, 0.4) is 0 Å². The minimum absolute atomic E-state index is 0.0801. The van der Waals surface area contributed by atoms with Crippen LogP contribution in [-0.4, -0.2) is 15.0 Å².